The lowest BCUT2D eigenvalue weighted by molar-refractivity contribution is -0.177. The second-order valence-electron chi connectivity index (χ2n) is 7.32. The zero-order chi connectivity index (χ0) is 19.5. The lowest BCUT2D eigenvalue weighted by atomic mass is 10.0. The molecule has 1 atom stereocenters. The Morgan fingerprint density at radius 1 is 0.920 bits per heavy atom. The predicted octanol–water partition coefficient (Wildman–Crippen LogP) is 4.91. The number of amides is 1. The zero-order valence-electron chi connectivity index (χ0n) is 15.8. The van der Waals surface area contributed by atoms with E-state index in [4.69, 9.17) is 4.74 Å². The van der Waals surface area contributed by atoms with Gasteiger partial charge in [-0.15, -0.1) is 0 Å². The highest BCUT2D eigenvalue weighted by molar-refractivity contribution is 5.87. The lowest BCUT2D eigenvalue weighted by Gasteiger charge is -2.25. The van der Waals surface area contributed by atoms with Crippen molar-refractivity contribution >= 4 is 11.9 Å². The molecule has 0 aliphatic heterocycles. The minimum absolute atomic E-state index is 0.145. The fourth-order valence-electron chi connectivity index (χ4n) is 2.34. The third-order valence-electron chi connectivity index (χ3n) is 3.60. The number of carbonyl (C=O) groups excluding carboxylic acids is 2. The van der Waals surface area contributed by atoms with Gasteiger partial charge in [-0.1, -0.05) is 58.3 Å². The second kappa shape index (κ2) is 11.4. The molecule has 0 spiro atoms. The van der Waals surface area contributed by atoms with Gasteiger partial charge in [0.25, 0.3) is 0 Å². The summed E-state index contributed by atoms with van der Waals surface area (Å²) in [5.41, 5.74) is -0.822. The number of carbonyl (C=O) groups is 2. The number of nitrogens with one attached hydrogen (secondary N) is 1. The number of unbranched alkanes of at least 4 members (excludes halogenated alkanes) is 7. The first-order valence-electron chi connectivity index (χ1n) is 9.08. The number of rotatable bonds is 11. The van der Waals surface area contributed by atoms with Gasteiger partial charge in [0.05, 0.1) is 0 Å². The molecule has 0 radical (unpaired) electrons. The molecule has 0 aliphatic rings. The van der Waals surface area contributed by atoms with Gasteiger partial charge in [-0.2, -0.15) is 13.2 Å². The number of alkyl halides is 3. The van der Waals surface area contributed by atoms with Crippen molar-refractivity contribution in [3.8, 4) is 0 Å². The van der Waals surface area contributed by atoms with Crippen LogP contribution in [0.3, 0.4) is 0 Å². The average molecular weight is 367 g/mol. The Balaban J connectivity index is 4.40. The van der Waals surface area contributed by atoms with E-state index in [0.29, 0.717) is 6.42 Å². The number of halogens is 3. The van der Waals surface area contributed by atoms with Crippen LogP contribution in [0, 0.1) is 0 Å². The molecule has 1 amide bonds. The average Bonchev–Trinajstić information content (AvgIpc) is 2.45. The van der Waals surface area contributed by atoms with Crippen LogP contribution >= 0.6 is 0 Å². The van der Waals surface area contributed by atoms with Crippen LogP contribution in [0.2, 0.25) is 0 Å². The minimum atomic E-state index is -5.01. The van der Waals surface area contributed by atoms with Gasteiger partial charge in [-0.05, 0) is 27.2 Å². The third-order valence-corrected chi connectivity index (χ3v) is 3.60. The van der Waals surface area contributed by atoms with Crippen LogP contribution in [0.4, 0.5) is 13.2 Å². The van der Waals surface area contributed by atoms with Crippen molar-refractivity contribution in [3.63, 3.8) is 0 Å². The van der Waals surface area contributed by atoms with E-state index in [1.807, 2.05) is 0 Å². The molecule has 25 heavy (non-hydrogen) atoms. The van der Waals surface area contributed by atoms with E-state index in [2.05, 4.69) is 6.92 Å². The SMILES string of the molecule is CCCCCCCCCC[C@H](NC(=O)C(F)(F)F)C(=O)OC(C)(C)C. The summed E-state index contributed by atoms with van der Waals surface area (Å²) in [6.45, 7) is 7.03. The maximum atomic E-state index is 12.4. The van der Waals surface area contributed by atoms with Crippen molar-refractivity contribution in [1.29, 1.82) is 0 Å². The van der Waals surface area contributed by atoms with E-state index in [-0.39, 0.29) is 6.42 Å². The predicted molar refractivity (Wildman–Crippen MR) is 91.1 cm³/mol. The fraction of sp³-hybridized carbons (Fsp3) is 0.889. The summed E-state index contributed by atoms with van der Waals surface area (Å²) in [6, 6.07) is -1.27. The molecule has 0 heterocycles. The van der Waals surface area contributed by atoms with Crippen LogP contribution in [-0.4, -0.2) is 29.7 Å². The topological polar surface area (TPSA) is 55.4 Å². The van der Waals surface area contributed by atoms with Crippen LogP contribution in [0.25, 0.3) is 0 Å². The molecule has 0 saturated heterocycles. The standard InChI is InChI=1S/C18H32F3NO3/c1-5-6-7-8-9-10-11-12-13-14(15(23)25-17(2,3)4)22-16(24)18(19,20)21/h14H,5-13H2,1-4H3,(H,22,24)/t14-/m0/s1. The Bertz CT molecular complexity index is 403. The van der Waals surface area contributed by atoms with Crippen molar-refractivity contribution in [1.82, 2.24) is 5.32 Å². The molecule has 0 aromatic carbocycles. The van der Waals surface area contributed by atoms with E-state index >= 15 is 0 Å². The first-order valence-corrected chi connectivity index (χ1v) is 9.08. The highest BCUT2D eigenvalue weighted by Crippen LogP contribution is 2.18. The quantitative estimate of drug-likeness (QED) is 0.417. The van der Waals surface area contributed by atoms with Crippen LogP contribution in [-0.2, 0) is 14.3 Å². The Hall–Kier alpha value is -1.27. The van der Waals surface area contributed by atoms with Gasteiger partial charge >= 0.3 is 18.1 Å². The summed E-state index contributed by atoms with van der Waals surface area (Å²) < 4.78 is 42.4. The summed E-state index contributed by atoms with van der Waals surface area (Å²) in [5, 5.41) is 1.76. The van der Waals surface area contributed by atoms with Gasteiger partial charge < -0.3 is 10.1 Å². The van der Waals surface area contributed by atoms with Crippen LogP contribution in [0.5, 0.6) is 0 Å². The molecule has 7 heteroatoms. The molecule has 0 bridgehead atoms. The zero-order valence-corrected chi connectivity index (χ0v) is 15.8. The van der Waals surface area contributed by atoms with E-state index < -0.39 is 29.7 Å². The Labute approximate surface area is 148 Å². The van der Waals surface area contributed by atoms with Gasteiger partial charge in [-0.3, -0.25) is 4.79 Å². The van der Waals surface area contributed by atoms with Crippen molar-refractivity contribution in [2.75, 3.05) is 0 Å². The van der Waals surface area contributed by atoms with Gasteiger partial charge in [0, 0.05) is 0 Å². The molecular weight excluding hydrogens is 335 g/mol. The lowest BCUT2D eigenvalue weighted by Crippen LogP contribution is -2.48. The maximum absolute atomic E-state index is 12.4. The summed E-state index contributed by atoms with van der Waals surface area (Å²) in [6.07, 6.45) is 3.28. The molecular formula is C18H32F3NO3. The van der Waals surface area contributed by atoms with Gasteiger partial charge in [0.2, 0.25) is 0 Å². The Morgan fingerprint density at radius 3 is 1.84 bits per heavy atom. The molecule has 0 aliphatic carbocycles. The summed E-state index contributed by atoms with van der Waals surface area (Å²) in [5.74, 6) is -2.93. The van der Waals surface area contributed by atoms with E-state index in [0.717, 1.165) is 25.7 Å². The third kappa shape index (κ3) is 12.7. The van der Waals surface area contributed by atoms with Crippen molar-refractivity contribution in [2.45, 2.75) is 103 Å². The van der Waals surface area contributed by atoms with Crippen LogP contribution in [0.1, 0.15) is 85.5 Å². The molecule has 0 fully saturated rings. The molecule has 1 N–H and O–H groups in total. The largest absolute Gasteiger partial charge is 0.471 e. The second-order valence-corrected chi connectivity index (χ2v) is 7.32. The fourth-order valence-corrected chi connectivity index (χ4v) is 2.34. The van der Waals surface area contributed by atoms with Crippen molar-refractivity contribution in [3.05, 3.63) is 0 Å². The molecule has 0 saturated carbocycles. The normalized spacial score (nSPS) is 13.4. The maximum Gasteiger partial charge on any atom is 0.471 e. The number of esters is 1. The van der Waals surface area contributed by atoms with Crippen molar-refractivity contribution in [2.24, 2.45) is 0 Å². The number of hydrogen-bond donors (Lipinski definition) is 1. The molecule has 0 aromatic rings. The Kier molecular flexibility index (Phi) is 10.8. The van der Waals surface area contributed by atoms with E-state index in [1.165, 1.54) is 19.3 Å². The highest BCUT2D eigenvalue weighted by atomic mass is 19.4. The van der Waals surface area contributed by atoms with Gasteiger partial charge in [-0.25, -0.2) is 4.79 Å². The minimum Gasteiger partial charge on any atom is -0.458 e. The molecule has 148 valence electrons. The van der Waals surface area contributed by atoms with Crippen LogP contribution < -0.4 is 5.32 Å². The molecule has 4 nitrogen and oxygen atoms in total. The molecule has 0 aromatic heterocycles. The van der Waals surface area contributed by atoms with Crippen molar-refractivity contribution < 1.29 is 27.5 Å². The summed E-state index contributed by atoms with van der Waals surface area (Å²) in [4.78, 5) is 23.2. The van der Waals surface area contributed by atoms with E-state index in [1.54, 1.807) is 26.1 Å². The smallest absolute Gasteiger partial charge is 0.458 e. The number of ether oxygens (including phenoxy) is 1. The summed E-state index contributed by atoms with van der Waals surface area (Å²) >= 11 is 0. The summed E-state index contributed by atoms with van der Waals surface area (Å²) in [7, 11) is 0. The van der Waals surface area contributed by atoms with Gasteiger partial charge in [0.15, 0.2) is 0 Å². The first-order chi connectivity index (χ1) is 11.5. The highest BCUT2D eigenvalue weighted by Gasteiger charge is 2.41. The van der Waals surface area contributed by atoms with E-state index in [9.17, 15) is 22.8 Å². The Morgan fingerprint density at radius 2 is 1.40 bits per heavy atom. The number of hydrogen-bond acceptors (Lipinski definition) is 3. The molecule has 0 rings (SSSR count). The monoisotopic (exact) mass is 367 g/mol. The first kappa shape index (κ1) is 23.7. The van der Waals surface area contributed by atoms with Crippen LogP contribution in [0.15, 0.2) is 0 Å². The van der Waals surface area contributed by atoms with Gasteiger partial charge in [0.1, 0.15) is 11.6 Å². The molecule has 0 unspecified atom stereocenters.